The number of aliphatic carboxylic acids is 2. The number of hydrogen-bond donors (Lipinski definition) is 6. The number of carboxylic acids is 2. The Morgan fingerprint density at radius 1 is 0.731 bits per heavy atom. The third-order valence-electron chi connectivity index (χ3n) is 3.42. The van der Waals surface area contributed by atoms with Crippen molar-refractivity contribution in [1.82, 2.24) is 0 Å². The highest BCUT2D eigenvalue weighted by Gasteiger charge is 2.18. The molecule has 2 aromatic carbocycles. The van der Waals surface area contributed by atoms with Crippen molar-refractivity contribution in [3.8, 4) is 34.1 Å². The molecule has 0 aliphatic carbocycles. The fourth-order valence-corrected chi connectivity index (χ4v) is 2.29. The van der Waals surface area contributed by atoms with Crippen molar-refractivity contribution in [3.63, 3.8) is 0 Å². The van der Waals surface area contributed by atoms with Gasteiger partial charge in [-0.15, -0.1) is 0 Å². The highest BCUT2D eigenvalue weighted by molar-refractivity contribution is 5.94. The van der Waals surface area contributed by atoms with Gasteiger partial charge in [0.05, 0.1) is 0 Å². The summed E-state index contributed by atoms with van der Waals surface area (Å²) in [6.07, 6.45) is 3.86. The molecule has 0 atom stereocenters. The van der Waals surface area contributed by atoms with E-state index in [2.05, 4.69) is 0 Å². The first-order valence-corrected chi connectivity index (χ1v) is 7.14. The minimum absolute atomic E-state index is 0.0529. The summed E-state index contributed by atoms with van der Waals surface area (Å²) < 4.78 is 0. The van der Waals surface area contributed by atoms with Gasteiger partial charge in [0.2, 0.25) is 0 Å². The molecule has 0 bridgehead atoms. The first-order chi connectivity index (χ1) is 12.2. The van der Waals surface area contributed by atoms with Crippen molar-refractivity contribution < 1.29 is 40.2 Å². The van der Waals surface area contributed by atoms with E-state index < -0.39 is 34.9 Å². The largest absolute Gasteiger partial charge is 0.504 e. The van der Waals surface area contributed by atoms with Gasteiger partial charge in [0.15, 0.2) is 23.0 Å². The molecule has 134 valence electrons. The average molecular weight is 358 g/mol. The number of hydrogen-bond acceptors (Lipinski definition) is 6. The maximum atomic E-state index is 10.8. The predicted molar refractivity (Wildman–Crippen MR) is 91.9 cm³/mol. The van der Waals surface area contributed by atoms with Gasteiger partial charge in [-0.2, -0.15) is 0 Å². The van der Waals surface area contributed by atoms with E-state index in [-0.39, 0.29) is 22.3 Å². The van der Waals surface area contributed by atoms with E-state index >= 15 is 0 Å². The molecule has 0 amide bonds. The van der Waals surface area contributed by atoms with Crippen LogP contribution in [-0.2, 0) is 9.59 Å². The lowest BCUT2D eigenvalue weighted by molar-refractivity contribution is -0.132. The molecule has 0 spiro atoms. The van der Waals surface area contributed by atoms with E-state index in [0.29, 0.717) is 0 Å². The Hall–Kier alpha value is -3.94. The molecule has 0 radical (unpaired) electrons. The van der Waals surface area contributed by atoms with Crippen molar-refractivity contribution in [2.75, 3.05) is 0 Å². The molecule has 6 N–H and O–H groups in total. The topological polar surface area (TPSA) is 156 Å². The summed E-state index contributed by atoms with van der Waals surface area (Å²) in [5.74, 6) is -4.71. The van der Waals surface area contributed by atoms with E-state index in [9.17, 15) is 30.0 Å². The quantitative estimate of drug-likeness (QED) is 0.351. The Labute approximate surface area is 146 Å². The van der Waals surface area contributed by atoms with Crippen molar-refractivity contribution in [1.29, 1.82) is 0 Å². The maximum absolute atomic E-state index is 10.8. The molecule has 26 heavy (non-hydrogen) atoms. The summed E-state index contributed by atoms with van der Waals surface area (Å²) >= 11 is 0. The number of rotatable bonds is 5. The zero-order valence-electron chi connectivity index (χ0n) is 13.1. The van der Waals surface area contributed by atoms with E-state index in [4.69, 9.17) is 10.2 Å². The van der Waals surface area contributed by atoms with Crippen LogP contribution in [0.5, 0.6) is 23.0 Å². The summed E-state index contributed by atoms with van der Waals surface area (Å²) in [5, 5.41) is 57.1. The van der Waals surface area contributed by atoms with Crippen LogP contribution in [0.1, 0.15) is 11.1 Å². The van der Waals surface area contributed by atoms with Gasteiger partial charge in [0.25, 0.3) is 0 Å². The number of phenols is 4. The van der Waals surface area contributed by atoms with Crippen LogP contribution in [0.25, 0.3) is 23.3 Å². The fourth-order valence-electron chi connectivity index (χ4n) is 2.29. The standard InChI is InChI=1S/C18H14O8/c19-12-4-1-9(2-5-15(22)23)17(18(12)26)11-8-14(21)13(20)7-10(11)3-6-16(24)25/h1-8,19-21,26H,(H,22,23)(H,24,25)/b5-2+,6-3+. The predicted octanol–water partition coefficient (Wildman–Crippen LogP) is 2.37. The Morgan fingerprint density at radius 2 is 1.27 bits per heavy atom. The number of carbonyl (C=O) groups is 2. The molecule has 0 heterocycles. The molecular weight excluding hydrogens is 344 g/mol. The lowest BCUT2D eigenvalue weighted by Crippen LogP contribution is -1.92. The molecule has 0 fully saturated rings. The maximum Gasteiger partial charge on any atom is 0.328 e. The molecule has 8 heteroatoms. The molecule has 0 saturated heterocycles. The molecule has 0 aliphatic rings. The SMILES string of the molecule is O=C(O)/C=C/c1cc(O)c(O)cc1-c1c(/C=C/C(=O)O)ccc(O)c1O. The first-order valence-electron chi connectivity index (χ1n) is 7.14. The second-order valence-electron chi connectivity index (χ2n) is 5.17. The summed E-state index contributed by atoms with van der Waals surface area (Å²) in [6, 6.07) is 4.60. The van der Waals surface area contributed by atoms with Gasteiger partial charge >= 0.3 is 11.9 Å². The summed E-state index contributed by atoms with van der Waals surface area (Å²) in [4.78, 5) is 21.5. The molecule has 0 aromatic heterocycles. The lowest BCUT2D eigenvalue weighted by Gasteiger charge is -2.14. The van der Waals surface area contributed by atoms with Crippen LogP contribution in [-0.4, -0.2) is 42.6 Å². The minimum Gasteiger partial charge on any atom is -0.504 e. The first kappa shape index (κ1) is 18.4. The van der Waals surface area contributed by atoms with Crippen LogP contribution in [0.2, 0.25) is 0 Å². The Bertz CT molecular complexity index is 941. The monoisotopic (exact) mass is 358 g/mol. The summed E-state index contributed by atoms with van der Waals surface area (Å²) in [7, 11) is 0. The zero-order chi connectivity index (χ0) is 19.4. The Balaban J connectivity index is 2.82. The van der Waals surface area contributed by atoms with Gasteiger partial charge < -0.3 is 30.6 Å². The van der Waals surface area contributed by atoms with E-state index in [1.54, 1.807) is 0 Å². The van der Waals surface area contributed by atoms with Crippen LogP contribution in [0.3, 0.4) is 0 Å². The number of phenolic OH excluding ortho intramolecular Hbond substituents is 4. The third kappa shape index (κ3) is 3.93. The second kappa shape index (κ2) is 7.31. The van der Waals surface area contributed by atoms with Crippen LogP contribution in [0.15, 0.2) is 36.4 Å². The van der Waals surface area contributed by atoms with Crippen molar-refractivity contribution in [3.05, 3.63) is 47.5 Å². The van der Waals surface area contributed by atoms with Crippen LogP contribution in [0.4, 0.5) is 0 Å². The highest BCUT2D eigenvalue weighted by Crippen LogP contribution is 2.44. The van der Waals surface area contributed by atoms with Crippen LogP contribution < -0.4 is 0 Å². The summed E-state index contributed by atoms with van der Waals surface area (Å²) in [6.45, 7) is 0. The van der Waals surface area contributed by atoms with Gasteiger partial charge in [-0.1, -0.05) is 6.07 Å². The zero-order valence-corrected chi connectivity index (χ0v) is 13.1. The lowest BCUT2D eigenvalue weighted by atomic mass is 9.93. The van der Waals surface area contributed by atoms with Gasteiger partial charge in [0.1, 0.15) is 0 Å². The smallest absolute Gasteiger partial charge is 0.328 e. The van der Waals surface area contributed by atoms with Gasteiger partial charge in [-0.3, -0.25) is 0 Å². The minimum atomic E-state index is -1.27. The third-order valence-corrected chi connectivity index (χ3v) is 3.42. The molecule has 0 unspecified atom stereocenters. The van der Waals surface area contributed by atoms with E-state index in [1.807, 2.05) is 0 Å². The Morgan fingerprint density at radius 3 is 1.85 bits per heavy atom. The molecule has 2 rings (SSSR count). The number of carboxylic acid groups (broad SMARTS) is 2. The van der Waals surface area contributed by atoms with Crippen LogP contribution >= 0.6 is 0 Å². The molecule has 8 nitrogen and oxygen atoms in total. The van der Waals surface area contributed by atoms with Crippen molar-refractivity contribution >= 4 is 24.1 Å². The molecule has 0 saturated carbocycles. The normalized spacial score (nSPS) is 11.2. The number of benzene rings is 2. The fraction of sp³-hybridized carbons (Fsp3) is 0. The Kier molecular flexibility index (Phi) is 5.17. The average Bonchev–Trinajstić information content (AvgIpc) is 2.56. The highest BCUT2D eigenvalue weighted by atomic mass is 16.4. The van der Waals surface area contributed by atoms with Crippen LogP contribution in [0, 0.1) is 0 Å². The number of aromatic hydroxyl groups is 4. The second-order valence-corrected chi connectivity index (χ2v) is 5.17. The van der Waals surface area contributed by atoms with Gasteiger partial charge in [-0.05, 0) is 47.0 Å². The van der Waals surface area contributed by atoms with Crippen molar-refractivity contribution in [2.45, 2.75) is 0 Å². The molecule has 0 aliphatic heterocycles. The van der Waals surface area contributed by atoms with E-state index in [1.165, 1.54) is 6.07 Å². The van der Waals surface area contributed by atoms with E-state index in [0.717, 1.165) is 42.5 Å². The van der Waals surface area contributed by atoms with Gasteiger partial charge in [0, 0.05) is 17.7 Å². The molecule has 2 aromatic rings. The van der Waals surface area contributed by atoms with Gasteiger partial charge in [-0.25, -0.2) is 9.59 Å². The van der Waals surface area contributed by atoms with Crippen molar-refractivity contribution in [2.24, 2.45) is 0 Å². The summed E-state index contributed by atoms with van der Waals surface area (Å²) in [5.41, 5.74) is 0.297. The molecular formula is C18H14O8.